The molecule has 0 aromatic heterocycles. The van der Waals surface area contributed by atoms with Crippen LogP contribution in [0.5, 0.6) is 0 Å². The first-order valence-corrected chi connectivity index (χ1v) is 3.31. The molecule has 0 aliphatic carbocycles. The molecule has 0 bridgehead atoms. The summed E-state index contributed by atoms with van der Waals surface area (Å²) in [5, 5.41) is 0. The fourth-order valence-corrected chi connectivity index (χ4v) is 0.618. The molecule has 1 rings (SSSR count). The van der Waals surface area contributed by atoms with Gasteiger partial charge >= 0.3 is 5.97 Å². The Labute approximate surface area is 64.4 Å². The molecule has 0 aromatic carbocycles. The summed E-state index contributed by atoms with van der Waals surface area (Å²) in [5.74, 6) is -0.279. The molecule has 0 spiro atoms. The van der Waals surface area contributed by atoms with Gasteiger partial charge in [-0.1, -0.05) is 0 Å². The summed E-state index contributed by atoms with van der Waals surface area (Å²) >= 11 is 0. The molecule has 1 aliphatic rings. The monoisotopic (exact) mass is 155 g/mol. The molecule has 1 aliphatic heterocycles. The Balaban J connectivity index is 2.52. The van der Waals surface area contributed by atoms with E-state index in [0.717, 1.165) is 0 Å². The van der Waals surface area contributed by atoms with E-state index in [1.165, 1.54) is 6.08 Å². The number of rotatable bonds is 2. The maximum absolute atomic E-state index is 10.9. The van der Waals surface area contributed by atoms with Gasteiger partial charge in [0.05, 0.1) is 6.61 Å². The summed E-state index contributed by atoms with van der Waals surface area (Å²) in [4.78, 5) is 15.7. The van der Waals surface area contributed by atoms with E-state index in [0.29, 0.717) is 6.61 Å². The maximum atomic E-state index is 10.9. The zero-order valence-corrected chi connectivity index (χ0v) is 6.16. The zero-order valence-electron chi connectivity index (χ0n) is 6.16. The normalized spacial score (nSPS) is 14.5. The number of allylic oxidation sites excluding steroid dienone is 2. The summed E-state index contributed by atoms with van der Waals surface area (Å²) < 4.78 is 4.68. The molecule has 0 saturated carbocycles. The number of hydrogen-bond acceptors (Lipinski definition) is 4. The van der Waals surface area contributed by atoms with Crippen LogP contribution in [0.1, 0.15) is 6.92 Å². The van der Waals surface area contributed by atoms with Crippen molar-refractivity contribution in [1.82, 2.24) is 5.48 Å². The van der Waals surface area contributed by atoms with E-state index in [2.05, 4.69) is 10.2 Å². The zero-order chi connectivity index (χ0) is 8.10. The minimum Gasteiger partial charge on any atom is -0.460 e. The summed E-state index contributed by atoms with van der Waals surface area (Å²) in [7, 11) is 0. The summed E-state index contributed by atoms with van der Waals surface area (Å²) in [6.07, 6.45) is 4.77. The fraction of sp³-hybridized carbons (Fsp3) is 0.286. The van der Waals surface area contributed by atoms with Crippen LogP contribution in [0.3, 0.4) is 0 Å². The highest BCUT2D eigenvalue weighted by molar-refractivity contribution is 5.86. The first kappa shape index (κ1) is 7.65. The largest absolute Gasteiger partial charge is 0.460 e. The van der Waals surface area contributed by atoms with Gasteiger partial charge in [-0.15, -0.1) is 0 Å². The lowest BCUT2D eigenvalue weighted by Gasteiger charge is -2.09. The fourth-order valence-electron chi connectivity index (χ4n) is 0.618. The highest BCUT2D eigenvalue weighted by Gasteiger charge is 2.12. The van der Waals surface area contributed by atoms with Gasteiger partial charge < -0.3 is 9.57 Å². The minimum atomic E-state index is -0.454. The van der Waals surface area contributed by atoms with Gasteiger partial charge in [-0.25, -0.2) is 10.3 Å². The van der Waals surface area contributed by atoms with Crippen LogP contribution >= 0.6 is 0 Å². The Morgan fingerprint density at radius 3 is 3.18 bits per heavy atom. The van der Waals surface area contributed by atoms with Crippen LogP contribution in [0, 0.1) is 0 Å². The van der Waals surface area contributed by atoms with E-state index >= 15 is 0 Å². The van der Waals surface area contributed by atoms with Crippen molar-refractivity contribution in [3.63, 3.8) is 0 Å². The van der Waals surface area contributed by atoms with E-state index in [4.69, 9.17) is 4.84 Å². The summed E-state index contributed by atoms with van der Waals surface area (Å²) in [6, 6.07) is 0. The Morgan fingerprint density at radius 2 is 2.64 bits per heavy atom. The lowest BCUT2D eigenvalue weighted by molar-refractivity contribution is -0.143. The molecule has 4 heteroatoms. The molecule has 0 amide bonds. The molecular formula is C7H9NO3. The lowest BCUT2D eigenvalue weighted by atomic mass is 10.4. The van der Waals surface area contributed by atoms with Crippen molar-refractivity contribution in [2.75, 3.05) is 6.61 Å². The van der Waals surface area contributed by atoms with Crippen molar-refractivity contribution in [1.29, 1.82) is 0 Å². The average molecular weight is 155 g/mol. The third kappa shape index (κ3) is 2.00. The minimum absolute atomic E-state index is 0.175. The first-order valence-electron chi connectivity index (χ1n) is 3.31. The van der Waals surface area contributed by atoms with E-state index in [-0.39, 0.29) is 5.76 Å². The Kier molecular flexibility index (Phi) is 2.54. The van der Waals surface area contributed by atoms with Gasteiger partial charge in [-0.3, -0.25) is 0 Å². The van der Waals surface area contributed by atoms with E-state index in [9.17, 15) is 4.79 Å². The number of esters is 1. The molecule has 0 saturated heterocycles. The Hall–Kier alpha value is -1.45. The van der Waals surface area contributed by atoms with Crippen LogP contribution < -0.4 is 5.48 Å². The van der Waals surface area contributed by atoms with Gasteiger partial charge in [0.15, 0.2) is 0 Å². The molecule has 11 heavy (non-hydrogen) atoms. The predicted octanol–water partition coefficient (Wildman–Crippen LogP) is 0.482. The van der Waals surface area contributed by atoms with Gasteiger partial charge in [-0.2, -0.15) is 0 Å². The van der Waals surface area contributed by atoms with Crippen molar-refractivity contribution in [2.45, 2.75) is 6.92 Å². The van der Waals surface area contributed by atoms with Crippen LogP contribution in [-0.2, 0) is 14.4 Å². The summed E-state index contributed by atoms with van der Waals surface area (Å²) in [6.45, 7) is 2.09. The number of carbonyl (C=O) groups is 1. The Bertz CT molecular complexity index is 208. The number of nitrogens with one attached hydrogen (secondary N) is 1. The van der Waals surface area contributed by atoms with Gasteiger partial charge in [0, 0.05) is 6.20 Å². The van der Waals surface area contributed by atoms with Crippen molar-refractivity contribution < 1.29 is 14.4 Å². The van der Waals surface area contributed by atoms with Gasteiger partial charge in [0.25, 0.3) is 0 Å². The highest BCUT2D eigenvalue weighted by atomic mass is 16.7. The van der Waals surface area contributed by atoms with Crippen molar-refractivity contribution in [3.05, 3.63) is 24.1 Å². The van der Waals surface area contributed by atoms with Crippen LogP contribution in [0.25, 0.3) is 0 Å². The second-order valence-corrected chi connectivity index (χ2v) is 1.83. The molecule has 0 aromatic rings. The van der Waals surface area contributed by atoms with E-state index in [1.807, 2.05) is 0 Å². The number of carbonyl (C=O) groups excluding carboxylic acids is 1. The predicted molar refractivity (Wildman–Crippen MR) is 38.1 cm³/mol. The third-order valence-electron chi connectivity index (χ3n) is 1.06. The maximum Gasteiger partial charge on any atom is 0.376 e. The number of hydrogen-bond donors (Lipinski definition) is 1. The molecule has 0 fully saturated rings. The molecule has 4 nitrogen and oxygen atoms in total. The quantitative estimate of drug-likeness (QED) is 0.589. The molecule has 0 atom stereocenters. The highest BCUT2D eigenvalue weighted by Crippen LogP contribution is 2.02. The van der Waals surface area contributed by atoms with Gasteiger partial charge in [0.2, 0.25) is 5.76 Å². The average Bonchev–Trinajstić information content (AvgIpc) is 2.07. The number of ether oxygens (including phenoxy) is 1. The molecule has 1 heterocycles. The van der Waals surface area contributed by atoms with E-state index in [1.54, 1.807) is 19.2 Å². The third-order valence-corrected chi connectivity index (χ3v) is 1.06. The second kappa shape index (κ2) is 3.65. The smallest absolute Gasteiger partial charge is 0.376 e. The van der Waals surface area contributed by atoms with E-state index < -0.39 is 5.97 Å². The van der Waals surface area contributed by atoms with Gasteiger partial charge in [0.1, 0.15) is 0 Å². The molecule has 0 unspecified atom stereocenters. The van der Waals surface area contributed by atoms with Crippen molar-refractivity contribution >= 4 is 5.97 Å². The standard InChI is InChI=1S/C7H9NO3/c1-2-10-7(9)6-4-3-5-8-11-6/h3-5,8H,2H2,1H3. The van der Waals surface area contributed by atoms with Gasteiger partial charge in [-0.05, 0) is 19.1 Å². The first-order chi connectivity index (χ1) is 5.34. The SMILES string of the molecule is CCOC(=O)C1=CC=CNO1. The molecule has 1 N–H and O–H groups in total. The van der Waals surface area contributed by atoms with Crippen molar-refractivity contribution in [2.24, 2.45) is 0 Å². The van der Waals surface area contributed by atoms with Crippen molar-refractivity contribution in [3.8, 4) is 0 Å². The molecule has 0 radical (unpaired) electrons. The Morgan fingerprint density at radius 1 is 1.82 bits per heavy atom. The van der Waals surface area contributed by atoms with Crippen LogP contribution in [0.15, 0.2) is 24.1 Å². The lowest BCUT2D eigenvalue weighted by Crippen LogP contribution is -2.17. The molecular weight excluding hydrogens is 146 g/mol. The second-order valence-electron chi connectivity index (χ2n) is 1.83. The topological polar surface area (TPSA) is 47.6 Å². The molecule has 60 valence electrons. The van der Waals surface area contributed by atoms with Crippen LogP contribution in [-0.4, -0.2) is 12.6 Å². The number of hydroxylamine groups is 1. The summed E-state index contributed by atoms with van der Waals surface area (Å²) in [5.41, 5.74) is 2.42. The van der Waals surface area contributed by atoms with Crippen LogP contribution in [0.2, 0.25) is 0 Å². The van der Waals surface area contributed by atoms with Crippen LogP contribution in [0.4, 0.5) is 0 Å².